The fourth-order valence-electron chi connectivity index (χ4n) is 2.97. The lowest BCUT2D eigenvalue weighted by Crippen LogP contribution is -2.38. The molecule has 4 heteroatoms. The predicted molar refractivity (Wildman–Crippen MR) is 114 cm³/mol. The highest BCUT2D eigenvalue weighted by Crippen LogP contribution is 2.21. The first kappa shape index (κ1) is 21.8. The summed E-state index contributed by atoms with van der Waals surface area (Å²) < 4.78 is 11.7. The molecule has 0 heterocycles. The first-order valence-electron chi connectivity index (χ1n) is 10.2. The Hall–Kier alpha value is -2.49. The molecule has 0 aliphatic heterocycles. The summed E-state index contributed by atoms with van der Waals surface area (Å²) in [5.41, 5.74) is 3.38. The summed E-state index contributed by atoms with van der Waals surface area (Å²) in [5, 5.41) is 3.01. The van der Waals surface area contributed by atoms with Gasteiger partial charge in [0.1, 0.15) is 11.5 Å². The summed E-state index contributed by atoms with van der Waals surface area (Å²) in [7, 11) is 0. The third kappa shape index (κ3) is 6.91. The summed E-state index contributed by atoms with van der Waals surface area (Å²) in [4.78, 5) is 12.5. The second-order valence-electron chi connectivity index (χ2n) is 7.49. The minimum Gasteiger partial charge on any atom is -0.491 e. The second kappa shape index (κ2) is 10.7. The van der Waals surface area contributed by atoms with E-state index in [9.17, 15) is 4.79 Å². The van der Waals surface area contributed by atoms with Crippen LogP contribution in [0.1, 0.15) is 50.3 Å². The summed E-state index contributed by atoms with van der Waals surface area (Å²) in [6, 6.07) is 14.2. The van der Waals surface area contributed by atoms with Crippen molar-refractivity contribution in [3.8, 4) is 11.5 Å². The number of hydrogen-bond donors (Lipinski definition) is 1. The van der Waals surface area contributed by atoms with Crippen LogP contribution in [0.3, 0.4) is 0 Å². The zero-order chi connectivity index (χ0) is 20.5. The molecule has 28 heavy (non-hydrogen) atoms. The van der Waals surface area contributed by atoms with Crippen molar-refractivity contribution >= 4 is 5.91 Å². The third-order valence-corrected chi connectivity index (χ3v) is 4.49. The Morgan fingerprint density at radius 1 is 1.07 bits per heavy atom. The maximum absolute atomic E-state index is 12.5. The van der Waals surface area contributed by atoms with Gasteiger partial charge in [-0.2, -0.15) is 0 Å². The molecule has 2 aromatic carbocycles. The van der Waals surface area contributed by atoms with Gasteiger partial charge in [0.15, 0.2) is 6.10 Å². The molecule has 1 N–H and O–H groups in total. The van der Waals surface area contributed by atoms with E-state index in [1.807, 2.05) is 65.0 Å². The highest BCUT2D eigenvalue weighted by Gasteiger charge is 2.18. The van der Waals surface area contributed by atoms with Crippen LogP contribution in [-0.4, -0.2) is 24.7 Å². The molecule has 1 atom stereocenters. The van der Waals surface area contributed by atoms with E-state index in [4.69, 9.17) is 9.47 Å². The maximum Gasteiger partial charge on any atom is 0.261 e. The van der Waals surface area contributed by atoms with Gasteiger partial charge in [-0.05, 0) is 81.8 Å². The Labute approximate surface area is 169 Å². The number of carbonyl (C=O) groups is 1. The predicted octanol–water partition coefficient (Wildman–Crippen LogP) is 5.00. The van der Waals surface area contributed by atoms with Crippen molar-refractivity contribution in [2.75, 3.05) is 6.54 Å². The highest BCUT2D eigenvalue weighted by atomic mass is 16.5. The van der Waals surface area contributed by atoms with Crippen molar-refractivity contribution in [3.05, 3.63) is 59.2 Å². The first-order valence-corrected chi connectivity index (χ1v) is 10.2. The summed E-state index contributed by atoms with van der Waals surface area (Å²) in [6.07, 6.45) is 2.09. The van der Waals surface area contributed by atoms with Gasteiger partial charge in [0.05, 0.1) is 6.10 Å². The molecule has 0 saturated heterocycles. The molecule has 2 aromatic rings. The number of carbonyl (C=O) groups excluding carboxylic acids is 1. The Balaban J connectivity index is 1.81. The third-order valence-electron chi connectivity index (χ3n) is 4.49. The number of nitrogens with one attached hydrogen (secondary N) is 1. The van der Waals surface area contributed by atoms with Crippen LogP contribution < -0.4 is 14.8 Å². The van der Waals surface area contributed by atoms with Crippen LogP contribution in [0.5, 0.6) is 11.5 Å². The molecular weight excluding hydrogens is 350 g/mol. The zero-order valence-electron chi connectivity index (χ0n) is 17.7. The van der Waals surface area contributed by atoms with Gasteiger partial charge in [-0.25, -0.2) is 0 Å². The normalized spacial score (nSPS) is 11.9. The molecular formula is C24H33NO3. The summed E-state index contributed by atoms with van der Waals surface area (Å²) in [6.45, 7) is 10.7. The Morgan fingerprint density at radius 2 is 1.86 bits per heavy atom. The molecule has 4 nitrogen and oxygen atoms in total. The molecule has 1 amide bonds. The van der Waals surface area contributed by atoms with Crippen molar-refractivity contribution in [2.24, 2.45) is 0 Å². The minimum atomic E-state index is -0.469. The van der Waals surface area contributed by atoms with E-state index in [0.29, 0.717) is 13.0 Å². The SMILES string of the molecule is CCC(Oc1cc(C)ccc1C)C(=O)NCCCc1cccc(OC(C)C)c1. The molecule has 2 rings (SSSR count). The summed E-state index contributed by atoms with van der Waals surface area (Å²) >= 11 is 0. The average molecular weight is 384 g/mol. The van der Waals surface area contributed by atoms with Gasteiger partial charge in [0, 0.05) is 6.54 Å². The number of rotatable bonds is 10. The van der Waals surface area contributed by atoms with E-state index in [1.165, 1.54) is 5.56 Å². The Kier molecular flexibility index (Phi) is 8.37. The van der Waals surface area contributed by atoms with Gasteiger partial charge in [-0.1, -0.05) is 31.2 Å². The quantitative estimate of drug-likeness (QED) is 0.588. The number of aryl methyl sites for hydroxylation is 3. The Bertz CT molecular complexity index is 770. The topological polar surface area (TPSA) is 47.6 Å². The lowest BCUT2D eigenvalue weighted by molar-refractivity contribution is -0.128. The van der Waals surface area contributed by atoms with E-state index in [2.05, 4.69) is 17.4 Å². The van der Waals surface area contributed by atoms with E-state index >= 15 is 0 Å². The van der Waals surface area contributed by atoms with Gasteiger partial charge in [-0.15, -0.1) is 0 Å². The number of hydrogen-bond acceptors (Lipinski definition) is 3. The van der Waals surface area contributed by atoms with Crippen LogP contribution in [0, 0.1) is 13.8 Å². The zero-order valence-corrected chi connectivity index (χ0v) is 17.7. The molecule has 0 aliphatic rings. The van der Waals surface area contributed by atoms with Crippen molar-refractivity contribution < 1.29 is 14.3 Å². The van der Waals surface area contributed by atoms with E-state index in [0.717, 1.165) is 35.5 Å². The minimum absolute atomic E-state index is 0.0553. The van der Waals surface area contributed by atoms with Gasteiger partial charge >= 0.3 is 0 Å². The first-order chi connectivity index (χ1) is 13.4. The van der Waals surface area contributed by atoms with Crippen LogP contribution in [0.2, 0.25) is 0 Å². The van der Waals surface area contributed by atoms with Crippen molar-refractivity contribution in [2.45, 2.75) is 66.1 Å². The van der Waals surface area contributed by atoms with Gasteiger partial charge < -0.3 is 14.8 Å². The number of benzene rings is 2. The van der Waals surface area contributed by atoms with Crippen molar-refractivity contribution in [1.29, 1.82) is 0 Å². The van der Waals surface area contributed by atoms with Crippen LogP contribution >= 0.6 is 0 Å². The van der Waals surface area contributed by atoms with E-state index in [-0.39, 0.29) is 12.0 Å². The van der Waals surface area contributed by atoms with E-state index < -0.39 is 6.10 Å². The fraction of sp³-hybridized carbons (Fsp3) is 0.458. The fourth-order valence-corrected chi connectivity index (χ4v) is 2.97. The van der Waals surface area contributed by atoms with Crippen LogP contribution in [-0.2, 0) is 11.2 Å². The van der Waals surface area contributed by atoms with Crippen LogP contribution in [0.15, 0.2) is 42.5 Å². The lowest BCUT2D eigenvalue weighted by Gasteiger charge is -2.19. The number of amides is 1. The monoisotopic (exact) mass is 383 g/mol. The molecule has 0 spiro atoms. The standard InChI is InChI=1S/C24H33NO3/c1-6-22(28-23-15-18(4)12-13-19(23)5)24(26)25-14-8-10-20-9-7-11-21(16-20)27-17(2)3/h7,9,11-13,15-17,22H,6,8,10,14H2,1-5H3,(H,25,26). The van der Waals surface area contributed by atoms with E-state index in [1.54, 1.807) is 0 Å². The molecule has 0 aromatic heterocycles. The molecule has 0 fully saturated rings. The molecule has 1 unspecified atom stereocenters. The smallest absolute Gasteiger partial charge is 0.261 e. The lowest BCUT2D eigenvalue weighted by atomic mass is 10.1. The molecule has 152 valence electrons. The van der Waals surface area contributed by atoms with Crippen molar-refractivity contribution in [3.63, 3.8) is 0 Å². The average Bonchev–Trinajstić information content (AvgIpc) is 2.65. The van der Waals surface area contributed by atoms with Gasteiger partial charge in [0.25, 0.3) is 5.91 Å². The van der Waals surface area contributed by atoms with Crippen molar-refractivity contribution in [1.82, 2.24) is 5.32 Å². The number of ether oxygens (including phenoxy) is 2. The van der Waals surface area contributed by atoms with Crippen LogP contribution in [0.25, 0.3) is 0 Å². The molecule has 0 radical (unpaired) electrons. The maximum atomic E-state index is 12.5. The Morgan fingerprint density at radius 3 is 2.57 bits per heavy atom. The second-order valence-corrected chi connectivity index (χ2v) is 7.49. The molecule has 0 bridgehead atoms. The van der Waals surface area contributed by atoms with Gasteiger partial charge in [-0.3, -0.25) is 4.79 Å². The molecule has 0 aliphatic carbocycles. The molecule has 0 saturated carbocycles. The van der Waals surface area contributed by atoms with Crippen LogP contribution in [0.4, 0.5) is 0 Å². The highest BCUT2D eigenvalue weighted by molar-refractivity contribution is 5.81. The summed E-state index contributed by atoms with van der Waals surface area (Å²) in [5.74, 6) is 1.62. The van der Waals surface area contributed by atoms with Gasteiger partial charge in [0.2, 0.25) is 0 Å². The largest absolute Gasteiger partial charge is 0.491 e.